The van der Waals surface area contributed by atoms with Crippen LogP contribution in [-0.2, 0) is 6.42 Å². The quantitative estimate of drug-likeness (QED) is 0.0804. The van der Waals surface area contributed by atoms with Crippen molar-refractivity contribution in [1.29, 1.82) is 0 Å². The lowest BCUT2D eigenvalue weighted by atomic mass is 9.99. The van der Waals surface area contributed by atoms with Crippen LogP contribution < -0.4 is 21.9 Å². The minimum absolute atomic E-state index is 0.0149. The molecular weight excluding hydrogens is 660 g/mol. The van der Waals surface area contributed by atoms with Gasteiger partial charge in [0.1, 0.15) is 23.3 Å². The summed E-state index contributed by atoms with van der Waals surface area (Å²) in [6.07, 6.45) is -0.704. The van der Waals surface area contributed by atoms with Crippen LogP contribution in [0.25, 0.3) is 16.6 Å². The van der Waals surface area contributed by atoms with Gasteiger partial charge in [0.2, 0.25) is 0 Å². The predicted octanol–water partition coefficient (Wildman–Crippen LogP) is 6.98. The van der Waals surface area contributed by atoms with Crippen LogP contribution in [0.1, 0.15) is 35.8 Å². The molecule has 0 bridgehead atoms. The molecule has 42 heavy (non-hydrogen) atoms. The molecular formula is C28H22BrClF4N6OS. The normalized spacial score (nSPS) is 16.4. The summed E-state index contributed by atoms with van der Waals surface area (Å²) in [7, 11) is 0. The number of nitrogens with zero attached hydrogens (tertiary/aromatic N) is 3. The molecule has 14 heteroatoms. The highest BCUT2D eigenvalue weighted by Gasteiger charge is 2.33. The van der Waals surface area contributed by atoms with Gasteiger partial charge in [-0.05, 0) is 66.8 Å². The summed E-state index contributed by atoms with van der Waals surface area (Å²) in [5, 5.41) is 6.70. The average molecular weight is 682 g/mol. The van der Waals surface area contributed by atoms with Crippen LogP contribution >= 0.6 is 39.5 Å². The van der Waals surface area contributed by atoms with Crippen molar-refractivity contribution < 1.29 is 17.6 Å². The number of nitrogens with one attached hydrogen (secondary N) is 2. The lowest BCUT2D eigenvalue weighted by Crippen LogP contribution is -2.35. The fourth-order valence-electron chi connectivity index (χ4n) is 4.92. The predicted molar refractivity (Wildman–Crippen MR) is 162 cm³/mol. The van der Waals surface area contributed by atoms with Gasteiger partial charge in [-0.2, -0.15) is 4.40 Å². The molecule has 1 aliphatic carbocycles. The van der Waals surface area contributed by atoms with E-state index in [-0.39, 0.29) is 45.4 Å². The fraction of sp³-hybridized carbons (Fsp3) is 0.250. The van der Waals surface area contributed by atoms with Crippen molar-refractivity contribution in [3.05, 3.63) is 90.9 Å². The average Bonchev–Trinajstić information content (AvgIpc) is 3.74. The molecule has 1 unspecified atom stereocenters. The van der Waals surface area contributed by atoms with E-state index in [1.807, 2.05) is 0 Å². The Kier molecular flexibility index (Phi) is 7.83. The summed E-state index contributed by atoms with van der Waals surface area (Å²) in [6.45, 7) is -0.757. The molecule has 2 aliphatic rings. The highest BCUT2D eigenvalue weighted by Crippen LogP contribution is 2.44. The molecule has 2 heterocycles. The van der Waals surface area contributed by atoms with Crippen LogP contribution in [0.3, 0.4) is 0 Å². The van der Waals surface area contributed by atoms with Gasteiger partial charge < -0.3 is 16.4 Å². The van der Waals surface area contributed by atoms with Crippen LogP contribution in [0.5, 0.6) is 0 Å². The van der Waals surface area contributed by atoms with Crippen molar-refractivity contribution in [3.8, 4) is 5.69 Å². The van der Waals surface area contributed by atoms with E-state index in [1.54, 1.807) is 18.2 Å². The second-order valence-electron chi connectivity index (χ2n) is 10.0. The first-order valence-electron chi connectivity index (χ1n) is 12.9. The Labute approximate surface area is 254 Å². The molecule has 1 saturated carbocycles. The number of fused-ring (bicyclic) bond motifs is 4. The zero-order valence-electron chi connectivity index (χ0n) is 21.6. The van der Waals surface area contributed by atoms with Crippen LogP contribution in [0.4, 0.5) is 28.9 Å². The highest BCUT2D eigenvalue weighted by atomic mass is 79.9. The lowest BCUT2D eigenvalue weighted by Gasteiger charge is -2.33. The van der Waals surface area contributed by atoms with Gasteiger partial charge in [0.25, 0.3) is 12.0 Å². The number of amidine groups is 1. The maximum absolute atomic E-state index is 14.1. The van der Waals surface area contributed by atoms with Crippen molar-refractivity contribution >= 4 is 67.6 Å². The lowest BCUT2D eigenvalue weighted by molar-refractivity contribution is 0.163. The number of rotatable bonds is 8. The summed E-state index contributed by atoms with van der Waals surface area (Å²) in [6, 6.07) is 8.91. The Balaban J connectivity index is 1.60. The summed E-state index contributed by atoms with van der Waals surface area (Å²) in [4.78, 5) is 18.9. The highest BCUT2D eigenvalue weighted by molar-refractivity contribution is 9.10. The molecule has 1 atom stereocenters. The monoisotopic (exact) mass is 680 g/mol. The van der Waals surface area contributed by atoms with E-state index in [0.29, 0.717) is 26.5 Å². The number of benzene rings is 3. The van der Waals surface area contributed by atoms with Crippen molar-refractivity contribution in [3.63, 3.8) is 0 Å². The standard InChI is InChI=1S/C28H22BrClF4N6OS/c29-13-1-4-17-19(8-13)38-27-21(7-12-5-14(31)9-15(32)6-12)37-20-10-18(30)23(26(35)39-42-16-2-3-16)24(36-11-22(33)34)25(20)40(27)28(17)41/h1,4-6,8-10,16,21-22,36-37H,2-3,7,11H2,(H2,35,39). The topological polar surface area (TPSA) is 97.3 Å². The van der Waals surface area contributed by atoms with Gasteiger partial charge in [-0.1, -0.05) is 27.5 Å². The smallest absolute Gasteiger partial charge is 0.266 e. The molecule has 4 N–H and O–H groups in total. The summed E-state index contributed by atoms with van der Waals surface area (Å²) >= 11 is 11.4. The van der Waals surface area contributed by atoms with Crippen LogP contribution in [-0.4, -0.2) is 33.6 Å². The van der Waals surface area contributed by atoms with Crippen LogP contribution in [0.2, 0.25) is 5.02 Å². The van der Waals surface area contributed by atoms with Crippen LogP contribution in [0.15, 0.2) is 56.1 Å². The Morgan fingerprint density at radius 3 is 2.64 bits per heavy atom. The van der Waals surface area contributed by atoms with E-state index in [9.17, 15) is 22.4 Å². The van der Waals surface area contributed by atoms with Gasteiger partial charge >= 0.3 is 0 Å². The SMILES string of the molecule is N/C(=N\SC1CC1)c1c(Cl)cc2c(c1NCC(F)F)-n1c(nc3cc(Br)ccc3c1=O)C(Cc1cc(F)cc(F)c1)N2. The number of anilines is 2. The van der Waals surface area contributed by atoms with Gasteiger partial charge in [0.05, 0.1) is 51.1 Å². The molecule has 0 radical (unpaired) electrons. The fourth-order valence-corrected chi connectivity index (χ4v) is 6.27. The molecule has 7 nitrogen and oxygen atoms in total. The molecule has 1 aliphatic heterocycles. The Bertz CT molecular complexity index is 1800. The minimum atomic E-state index is -2.73. The zero-order chi connectivity index (χ0) is 29.7. The summed E-state index contributed by atoms with van der Waals surface area (Å²) in [5.41, 5.74) is 7.32. The molecule has 6 rings (SSSR count). The van der Waals surface area contributed by atoms with Gasteiger partial charge in [-0.25, -0.2) is 22.5 Å². The third kappa shape index (κ3) is 5.69. The molecule has 0 amide bonds. The molecule has 0 spiro atoms. The van der Waals surface area contributed by atoms with Crippen molar-refractivity contribution in [2.24, 2.45) is 10.1 Å². The van der Waals surface area contributed by atoms with Crippen molar-refractivity contribution in [2.45, 2.75) is 37.0 Å². The molecule has 0 saturated heterocycles. The number of hydrogen-bond donors (Lipinski definition) is 3. The molecule has 1 fully saturated rings. The Hall–Kier alpha value is -3.29. The van der Waals surface area contributed by atoms with E-state index in [4.69, 9.17) is 22.3 Å². The number of aromatic nitrogens is 2. The summed E-state index contributed by atoms with van der Waals surface area (Å²) in [5.74, 6) is -1.28. The Morgan fingerprint density at radius 2 is 1.95 bits per heavy atom. The largest absolute Gasteiger partial charge is 0.383 e. The van der Waals surface area contributed by atoms with Crippen LogP contribution in [0, 0.1) is 11.6 Å². The maximum atomic E-state index is 14.1. The van der Waals surface area contributed by atoms with Gasteiger partial charge in [-0.3, -0.25) is 9.36 Å². The van der Waals surface area contributed by atoms with E-state index in [0.717, 1.165) is 18.9 Å². The van der Waals surface area contributed by atoms with E-state index >= 15 is 0 Å². The molecule has 4 aromatic rings. The Morgan fingerprint density at radius 1 is 1.21 bits per heavy atom. The second-order valence-corrected chi connectivity index (χ2v) is 12.4. The molecule has 218 valence electrons. The van der Waals surface area contributed by atoms with Gasteiger partial charge in [-0.15, -0.1) is 0 Å². The van der Waals surface area contributed by atoms with E-state index in [2.05, 4.69) is 31.0 Å². The molecule has 1 aromatic heterocycles. The van der Waals surface area contributed by atoms with Crippen molar-refractivity contribution in [1.82, 2.24) is 9.55 Å². The summed E-state index contributed by atoms with van der Waals surface area (Å²) < 4.78 is 61.6. The number of hydrogen-bond acceptors (Lipinski definition) is 6. The van der Waals surface area contributed by atoms with Crippen molar-refractivity contribution in [2.75, 3.05) is 17.2 Å². The van der Waals surface area contributed by atoms with Gasteiger partial charge in [0, 0.05) is 22.2 Å². The minimum Gasteiger partial charge on any atom is -0.383 e. The first-order valence-corrected chi connectivity index (χ1v) is 14.9. The number of nitrogens with two attached hydrogens (primary N) is 1. The molecule has 3 aromatic carbocycles. The first kappa shape index (κ1) is 28.8. The first-order chi connectivity index (χ1) is 20.1. The zero-order valence-corrected chi connectivity index (χ0v) is 24.8. The number of halogens is 6. The maximum Gasteiger partial charge on any atom is 0.266 e. The van der Waals surface area contributed by atoms with E-state index in [1.165, 1.54) is 34.7 Å². The van der Waals surface area contributed by atoms with Gasteiger partial charge in [0.15, 0.2) is 0 Å². The number of alkyl halides is 2. The third-order valence-corrected chi connectivity index (χ3v) is 8.71. The second kappa shape index (κ2) is 11.4. The van der Waals surface area contributed by atoms with E-state index < -0.39 is 36.2 Å². The third-order valence-electron chi connectivity index (χ3n) is 6.85.